The molecule has 1 aliphatic heterocycles. The molecule has 16 heavy (non-hydrogen) atoms. The van der Waals surface area contributed by atoms with Crippen LogP contribution in [0.15, 0.2) is 12.1 Å². The molecule has 2 N–H and O–H groups in total. The van der Waals surface area contributed by atoms with Gasteiger partial charge in [-0.15, -0.1) is 0 Å². The number of nitrogens with two attached hydrogens (primary N) is 1. The number of rotatable bonds is 2. The summed E-state index contributed by atoms with van der Waals surface area (Å²) < 4.78 is 5.30. The molecule has 0 radical (unpaired) electrons. The minimum Gasteiger partial charge on any atom is -0.381 e. The van der Waals surface area contributed by atoms with E-state index in [-0.39, 0.29) is 0 Å². The number of nitrogens with zero attached hydrogens (tertiary/aromatic N) is 1. The zero-order chi connectivity index (χ0) is 11.5. The summed E-state index contributed by atoms with van der Waals surface area (Å²) in [7, 11) is 0. The van der Waals surface area contributed by atoms with Gasteiger partial charge in [0.05, 0.1) is 0 Å². The minimum atomic E-state index is -0.452. The van der Waals surface area contributed by atoms with Crippen molar-refractivity contribution in [2.24, 2.45) is 5.73 Å². The average molecular weight is 220 g/mol. The van der Waals surface area contributed by atoms with E-state index in [4.69, 9.17) is 10.5 Å². The lowest BCUT2D eigenvalue weighted by Crippen LogP contribution is -2.19. The normalized spacial score (nSPS) is 17.3. The number of hydrogen-bond acceptors (Lipinski definition) is 3. The van der Waals surface area contributed by atoms with Gasteiger partial charge in [-0.05, 0) is 31.4 Å². The number of carbonyl (C=O) groups excluding carboxylic acids is 1. The van der Waals surface area contributed by atoms with Crippen LogP contribution >= 0.6 is 0 Å². The maximum atomic E-state index is 11.2. The second-order valence-corrected chi connectivity index (χ2v) is 4.15. The molecule has 86 valence electrons. The molecule has 0 spiro atoms. The maximum Gasteiger partial charge on any atom is 0.267 e. The van der Waals surface area contributed by atoms with E-state index in [9.17, 15) is 4.79 Å². The van der Waals surface area contributed by atoms with Gasteiger partial charge in [0.15, 0.2) is 0 Å². The van der Waals surface area contributed by atoms with Gasteiger partial charge in [-0.3, -0.25) is 4.79 Å². The van der Waals surface area contributed by atoms with Crippen LogP contribution in [-0.2, 0) is 4.74 Å². The summed E-state index contributed by atoms with van der Waals surface area (Å²) in [5, 5.41) is 0. The zero-order valence-electron chi connectivity index (χ0n) is 9.40. The van der Waals surface area contributed by atoms with E-state index in [2.05, 4.69) is 4.98 Å². The number of carbonyl (C=O) groups is 1. The highest BCUT2D eigenvalue weighted by Gasteiger charge is 2.18. The number of hydrogen-bond donors (Lipinski definition) is 1. The molecular weight excluding hydrogens is 204 g/mol. The summed E-state index contributed by atoms with van der Waals surface area (Å²) in [5.74, 6) is -0.0566. The molecule has 0 saturated carbocycles. The Bertz CT molecular complexity index is 398. The van der Waals surface area contributed by atoms with E-state index in [0.717, 1.165) is 37.3 Å². The second kappa shape index (κ2) is 4.61. The molecule has 2 rings (SSSR count). The van der Waals surface area contributed by atoms with Crippen LogP contribution in [0.4, 0.5) is 0 Å². The van der Waals surface area contributed by atoms with Crippen LogP contribution in [0.2, 0.25) is 0 Å². The molecule has 2 heterocycles. The van der Waals surface area contributed by atoms with Crippen LogP contribution < -0.4 is 5.73 Å². The first kappa shape index (κ1) is 11.1. The first-order valence-corrected chi connectivity index (χ1v) is 5.53. The predicted octanol–water partition coefficient (Wildman–Crippen LogP) is 1.38. The number of aromatic nitrogens is 1. The smallest absolute Gasteiger partial charge is 0.267 e. The summed E-state index contributed by atoms with van der Waals surface area (Å²) >= 11 is 0. The van der Waals surface area contributed by atoms with E-state index in [1.165, 1.54) is 0 Å². The Morgan fingerprint density at radius 3 is 2.75 bits per heavy atom. The second-order valence-electron chi connectivity index (χ2n) is 4.15. The molecule has 0 bridgehead atoms. The van der Waals surface area contributed by atoms with E-state index in [1.54, 1.807) is 0 Å². The fourth-order valence-corrected chi connectivity index (χ4v) is 2.01. The summed E-state index contributed by atoms with van der Waals surface area (Å²) in [6.07, 6.45) is 1.93. The first-order chi connectivity index (χ1) is 7.68. The predicted molar refractivity (Wildman–Crippen MR) is 60.3 cm³/mol. The van der Waals surface area contributed by atoms with Gasteiger partial charge >= 0.3 is 0 Å². The highest BCUT2D eigenvalue weighted by atomic mass is 16.5. The molecule has 1 amide bonds. The van der Waals surface area contributed by atoms with Crippen molar-refractivity contribution in [3.8, 4) is 0 Å². The summed E-state index contributed by atoms with van der Waals surface area (Å²) in [4.78, 5) is 15.6. The molecular formula is C12H16N2O2. The number of amides is 1. The quantitative estimate of drug-likeness (QED) is 0.818. The molecule has 0 unspecified atom stereocenters. The Balaban J connectivity index is 2.27. The van der Waals surface area contributed by atoms with Crippen molar-refractivity contribution in [1.82, 2.24) is 4.98 Å². The Labute approximate surface area is 94.8 Å². The summed E-state index contributed by atoms with van der Waals surface area (Å²) in [5.41, 5.74) is 7.48. The van der Waals surface area contributed by atoms with Crippen LogP contribution in [0, 0.1) is 6.92 Å². The van der Waals surface area contributed by atoms with Crippen LogP contribution in [-0.4, -0.2) is 24.1 Å². The van der Waals surface area contributed by atoms with E-state index >= 15 is 0 Å². The molecule has 0 aromatic carbocycles. The lowest BCUT2D eigenvalue weighted by molar-refractivity contribution is 0.0844. The van der Waals surface area contributed by atoms with Gasteiger partial charge in [0.1, 0.15) is 5.69 Å². The van der Waals surface area contributed by atoms with Crippen molar-refractivity contribution in [2.75, 3.05) is 13.2 Å². The van der Waals surface area contributed by atoms with Crippen LogP contribution in [0.1, 0.15) is 40.5 Å². The van der Waals surface area contributed by atoms with Gasteiger partial charge in [-0.1, -0.05) is 6.07 Å². The molecule has 0 atom stereocenters. The SMILES string of the molecule is Cc1ccc(C2CCOCC2)nc1C(N)=O. The number of primary amides is 1. The van der Waals surface area contributed by atoms with Gasteiger partial charge in [-0.2, -0.15) is 0 Å². The molecule has 1 aliphatic rings. The monoisotopic (exact) mass is 220 g/mol. The number of pyridine rings is 1. The van der Waals surface area contributed by atoms with Gasteiger partial charge in [-0.25, -0.2) is 4.98 Å². The van der Waals surface area contributed by atoms with Gasteiger partial charge in [0.2, 0.25) is 0 Å². The highest BCUT2D eigenvalue weighted by Crippen LogP contribution is 2.25. The number of ether oxygens (including phenoxy) is 1. The Morgan fingerprint density at radius 2 is 2.12 bits per heavy atom. The minimum absolute atomic E-state index is 0.393. The Morgan fingerprint density at radius 1 is 1.44 bits per heavy atom. The molecule has 1 fully saturated rings. The van der Waals surface area contributed by atoms with Crippen molar-refractivity contribution >= 4 is 5.91 Å². The third kappa shape index (κ3) is 2.22. The van der Waals surface area contributed by atoms with Crippen molar-refractivity contribution < 1.29 is 9.53 Å². The lowest BCUT2D eigenvalue weighted by atomic mass is 9.95. The largest absolute Gasteiger partial charge is 0.381 e. The van der Waals surface area contributed by atoms with Crippen molar-refractivity contribution in [2.45, 2.75) is 25.7 Å². The first-order valence-electron chi connectivity index (χ1n) is 5.53. The zero-order valence-corrected chi connectivity index (χ0v) is 9.40. The molecule has 1 aromatic heterocycles. The van der Waals surface area contributed by atoms with Crippen LogP contribution in [0.25, 0.3) is 0 Å². The fraction of sp³-hybridized carbons (Fsp3) is 0.500. The van der Waals surface area contributed by atoms with Gasteiger partial charge < -0.3 is 10.5 Å². The molecule has 0 aliphatic carbocycles. The maximum absolute atomic E-state index is 11.2. The van der Waals surface area contributed by atoms with Gasteiger partial charge in [0.25, 0.3) is 5.91 Å². The van der Waals surface area contributed by atoms with Crippen molar-refractivity contribution in [1.29, 1.82) is 0 Å². The number of aryl methyl sites for hydroxylation is 1. The standard InChI is InChI=1S/C12H16N2O2/c1-8-2-3-10(14-11(8)12(13)15)9-4-6-16-7-5-9/h2-3,9H,4-7H2,1H3,(H2,13,15). The van der Waals surface area contributed by atoms with E-state index < -0.39 is 5.91 Å². The molecule has 4 nitrogen and oxygen atoms in total. The lowest BCUT2D eigenvalue weighted by Gasteiger charge is -2.22. The summed E-state index contributed by atoms with van der Waals surface area (Å²) in [6, 6.07) is 3.90. The van der Waals surface area contributed by atoms with E-state index in [0.29, 0.717) is 11.6 Å². The van der Waals surface area contributed by atoms with Crippen molar-refractivity contribution in [3.05, 3.63) is 29.1 Å². The summed E-state index contributed by atoms with van der Waals surface area (Å²) in [6.45, 7) is 3.39. The molecule has 1 saturated heterocycles. The Kier molecular flexibility index (Phi) is 3.19. The fourth-order valence-electron chi connectivity index (χ4n) is 2.01. The van der Waals surface area contributed by atoms with Crippen LogP contribution in [0.3, 0.4) is 0 Å². The molecule has 1 aromatic rings. The van der Waals surface area contributed by atoms with E-state index in [1.807, 2.05) is 19.1 Å². The van der Waals surface area contributed by atoms with Crippen LogP contribution in [0.5, 0.6) is 0 Å². The topological polar surface area (TPSA) is 65.2 Å². The third-order valence-electron chi connectivity index (χ3n) is 2.99. The average Bonchev–Trinajstić information content (AvgIpc) is 2.30. The highest BCUT2D eigenvalue weighted by molar-refractivity contribution is 5.92. The van der Waals surface area contributed by atoms with Crippen molar-refractivity contribution in [3.63, 3.8) is 0 Å². The Hall–Kier alpha value is -1.42. The van der Waals surface area contributed by atoms with Gasteiger partial charge in [0, 0.05) is 24.8 Å². The third-order valence-corrected chi connectivity index (χ3v) is 2.99. The molecule has 4 heteroatoms.